The van der Waals surface area contributed by atoms with Gasteiger partial charge >= 0.3 is 0 Å². The Bertz CT molecular complexity index is 496. The predicted octanol–water partition coefficient (Wildman–Crippen LogP) is 1.92. The van der Waals surface area contributed by atoms with E-state index in [9.17, 15) is 4.79 Å². The Morgan fingerprint density at radius 3 is 2.91 bits per heavy atom. The van der Waals surface area contributed by atoms with Crippen LogP contribution in [0.5, 0.6) is 0 Å². The SMILES string of the molecule is C[C@H]1C[C@@H](c2nc(CC(=O)NC3CCCCC3)no2)CCN1. The molecule has 122 valence electrons. The van der Waals surface area contributed by atoms with Gasteiger partial charge in [0.05, 0.1) is 6.42 Å². The predicted molar refractivity (Wildman–Crippen MR) is 82.5 cm³/mol. The quantitative estimate of drug-likeness (QED) is 0.888. The second kappa shape index (κ2) is 7.22. The molecule has 1 aliphatic heterocycles. The minimum Gasteiger partial charge on any atom is -0.353 e. The van der Waals surface area contributed by atoms with Crippen LogP contribution in [0.25, 0.3) is 0 Å². The number of carbonyl (C=O) groups excluding carboxylic acids is 1. The van der Waals surface area contributed by atoms with Crippen molar-refractivity contribution >= 4 is 5.91 Å². The third-order valence-electron chi connectivity index (χ3n) is 4.75. The van der Waals surface area contributed by atoms with Crippen molar-refractivity contribution in [1.82, 2.24) is 20.8 Å². The second-order valence-electron chi connectivity index (χ2n) is 6.70. The molecular weight excluding hydrogens is 280 g/mol. The smallest absolute Gasteiger partial charge is 0.229 e. The maximum absolute atomic E-state index is 12.1. The van der Waals surface area contributed by atoms with Crippen LogP contribution in [0.2, 0.25) is 0 Å². The third-order valence-corrected chi connectivity index (χ3v) is 4.75. The first kappa shape index (κ1) is 15.5. The monoisotopic (exact) mass is 306 g/mol. The van der Waals surface area contributed by atoms with E-state index in [2.05, 4.69) is 27.7 Å². The summed E-state index contributed by atoms with van der Waals surface area (Å²) < 4.78 is 5.37. The van der Waals surface area contributed by atoms with E-state index in [-0.39, 0.29) is 12.3 Å². The van der Waals surface area contributed by atoms with E-state index in [1.54, 1.807) is 0 Å². The van der Waals surface area contributed by atoms with E-state index in [1.807, 2.05) is 0 Å². The molecule has 2 heterocycles. The number of nitrogens with one attached hydrogen (secondary N) is 2. The van der Waals surface area contributed by atoms with Crippen LogP contribution >= 0.6 is 0 Å². The van der Waals surface area contributed by atoms with Gasteiger partial charge in [0.15, 0.2) is 5.82 Å². The number of hydrogen-bond acceptors (Lipinski definition) is 5. The Morgan fingerprint density at radius 2 is 2.14 bits per heavy atom. The lowest BCUT2D eigenvalue weighted by atomic mass is 9.93. The van der Waals surface area contributed by atoms with Crippen molar-refractivity contribution in [3.05, 3.63) is 11.7 Å². The molecule has 6 nitrogen and oxygen atoms in total. The third kappa shape index (κ3) is 4.06. The van der Waals surface area contributed by atoms with Crippen molar-refractivity contribution in [2.75, 3.05) is 6.54 Å². The van der Waals surface area contributed by atoms with Crippen molar-refractivity contribution in [2.24, 2.45) is 0 Å². The van der Waals surface area contributed by atoms with Crippen molar-refractivity contribution < 1.29 is 9.32 Å². The van der Waals surface area contributed by atoms with E-state index in [4.69, 9.17) is 4.52 Å². The molecule has 2 fully saturated rings. The minimum absolute atomic E-state index is 0.0120. The van der Waals surface area contributed by atoms with E-state index in [0.29, 0.717) is 29.7 Å². The van der Waals surface area contributed by atoms with Crippen molar-refractivity contribution in [2.45, 2.75) is 76.3 Å². The van der Waals surface area contributed by atoms with Gasteiger partial charge in [0, 0.05) is 18.0 Å². The average molecular weight is 306 g/mol. The number of rotatable bonds is 4. The zero-order valence-electron chi connectivity index (χ0n) is 13.3. The van der Waals surface area contributed by atoms with Crippen molar-refractivity contribution in [1.29, 1.82) is 0 Å². The van der Waals surface area contributed by atoms with Crippen LogP contribution in [0.15, 0.2) is 4.52 Å². The molecule has 1 amide bonds. The molecule has 0 radical (unpaired) electrons. The molecule has 0 spiro atoms. The Morgan fingerprint density at radius 1 is 1.32 bits per heavy atom. The second-order valence-corrected chi connectivity index (χ2v) is 6.70. The highest BCUT2D eigenvalue weighted by atomic mass is 16.5. The highest BCUT2D eigenvalue weighted by Gasteiger charge is 2.25. The number of carbonyl (C=O) groups is 1. The molecule has 0 unspecified atom stereocenters. The molecule has 2 atom stereocenters. The molecule has 0 aromatic carbocycles. The number of aromatic nitrogens is 2. The summed E-state index contributed by atoms with van der Waals surface area (Å²) in [6.07, 6.45) is 8.15. The van der Waals surface area contributed by atoms with Gasteiger partial charge in [-0.15, -0.1) is 0 Å². The van der Waals surface area contributed by atoms with E-state index in [1.165, 1.54) is 19.3 Å². The molecule has 0 bridgehead atoms. The summed E-state index contributed by atoms with van der Waals surface area (Å²) in [5.41, 5.74) is 0. The first-order valence-electron chi connectivity index (χ1n) is 8.56. The number of hydrogen-bond donors (Lipinski definition) is 2. The van der Waals surface area contributed by atoms with Crippen LogP contribution in [0.3, 0.4) is 0 Å². The van der Waals surface area contributed by atoms with Crippen molar-refractivity contribution in [3.63, 3.8) is 0 Å². The lowest BCUT2D eigenvalue weighted by Gasteiger charge is -2.25. The zero-order valence-corrected chi connectivity index (χ0v) is 13.3. The largest absolute Gasteiger partial charge is 0.353 e. The summed E-state index contributed by atoms with van der Waals surface area (Å²) in [6.45, 7) is 3.15. The summed E-state index contributed by atoms with van der Waals surface area (Å²) >= 11 is 0. The van der Waals surface area contributed by atoms with E-state index >= 15 is 0 Å². The summed E-state index contributed by atoms with van der Waals surface area (Å²) in [7, 11) is 0. The molecule has 2 aliphatic rings. The summed E-state index contributed by atoms with van der Waals surface area (Å²) in [5.74, 6) is 1.53. The first-order chi connectivity index (χ1) is 10.7. The van der Waals surface area contributed by atoms with Crippen LogP contribution in [0.4, 0.5) is 0 Å². The fraction of sp³-hybridized carbons (Fsp3) is 0.812. The number of amides is 1. The van der Waals surface area contributed by atoms with Crippen LogP contribution in [0, 0.1) is 0 Å². The van der Waals surface area contributed by atoms with Crippen LogP contribution < -0.4 is 10.6 Å². The Kier molecular flexibility index (Phi) is 5.08. The lowest BCUT2D eigenvalue weighted by molar-refractivity contribution is -0.121. The van der Waals surface area contributed by atoms with E-state index in [0.717, 1.165) is 32.2 Å². The van der Waals surface area contributed by atoms with Crippen LogP contribution in [-0.4, -0.2) is 34.7 Å². The molecule has 1 saturated heterocycles. The van der Waals surface area contributed by atoms with Crippen LogP contribution in [-0.2, 0) is 11.2 Å². The number of nitrogens with zero attached hydrogens (tertiary/aromatic N) is 2. The van der Waals surface area contributed by atoms with Crippen molar-refractivity contribution in [3.8, 4) is 0 Å². The molecule has 1 aromatic heterocycles. The van der Waals surface area contributed by atoms with Crippen LogP contribution in [0.1, 0.15) is 69.5 Å². The topological polar surface area (TPSA) is 80.1 Å². The Hall–Kier alpha value is -1.43. The van der Waals surface area contributed by atoms with Gasteiger partial charge in [-0.05, 0) is 39.2 Å². The Balaban J connectivity index is 1.51. The summed E-state index contributed by atoms with van der Waals surface area (Å²) in [6, 6.07) is 0.807. The lowest BCUT2D eigenvalue weighted by Crippen LogP contribution is -2.37. The Labute approximate surface area is 131 Å². The minimum atomic E-state index is 0.0120. The normalized spacial score (nSPS) is 26.8. The highest BCUT2D eigenvalue weighted by molar-refractivity contribution is 5.78. The molecular formula is C16H26N4O2. The molecule has 1 aliphatic carbocycles. The van der Waals surface area contributed by atoms with Gasteiger partial charge in [0.2, 0.25) is 11.8 Å². The average Bonchev–Trinajstić information content (AvgIpc) is 2.96. The molecule has 1 aromatic rings. The summed E-state index contributed by atoms with van der Waals surface area (Å²) in [5, 5.41) is 10.5. The molecule has 6 heteroatoms. The first-order valence-corrected chi connectivity index (χ1v) is 8.56. The van der Waals surface area contributed by atoms with E-state index < -0.39 is 0 Å². The van der Waals surface area contributed by atoms with Gasteiger partial charge in [0.1, 0.15) is 0 Å². The number of piperidine rings is 1. The molecule has 22 heavy (non-hydrogen) atoms. The van der Waals surface area contributed by atoms with Gasteiger partial charge in [-0.3, -0.25) is 4.79 Å². The molecule has 2 N–H and O–H groups in total. The standard InChI is InChI=1S/C16H26N4O2/c1-11-9-12(7-8-17-11)16-19-14(20-22-16)10-15(21)18-13-5-3-2-4-6-13/h11-13,17H,2-10H2,1H3,(H,18,21)/t11-,12-/m0/s1. The fourth-order valence-corrected chi connectivity index (χ4v) is 3.53. The van der Waals surface area contributed by atoms with Gasteiger partial charge in [-0.25, -0.2) is 0 Å². The fourth-order valence-electron chi connectivity index (χ4n) is 3.53. The maximum Gasteiger partial charge on any atom is 0.229 e. The van der Waals surface area contributed by atoms with Gasteiger partial charge < -0.3 is 15.2 Å². The van der Waals surface area contributed by atoms with Gasteiger partial charge in [-0.1, -0.05) is 24.4 Å². The molecule has 1 saturated carbocycles. The highest BCUT2D eigenvalue weighted by Crippen LogP contribution is 2.26. The zero-order chi connectivity index (χ0) is 15.4. The summed E-state index contributed by atoms with van der Waals surface area (Å²) in [4.78, 5) is 16.5. The van der Waals surface area contributed by atoms with Gasteiger partial charge in [0.25, 0.3) is 0 Å². The van der Waals surface area contributed by atoms with Gasteiger partial charge in [-0.2, -0.15) is 4.98 Å². The molecule has 3 rings (SSSR count). The maximum atomic E-state index is 12.1.